The van der Waals surface area contributed by atoms with Crippen LogP contribution in [0.3, 0.4) is 0 Å². The maximum atomic E-state index is 12.6. The molecule has 0 atom stereocenters. The van der Waals surface area contributed by atoms with Gasteiger partial charge in [-0.05, 0) is 49.7 Å². The van der Waals surface area contributed by atoms with Crippen LogP contribution in [0.5, 0.6) is 0 Å². The fourth-order valence-electron chi connectivity index (χ4n) is 3.53. The summed E-state index contributed by atoms with van der Waals surface area (Å²) in [6.45, 7) is 9.67. The van der Waals surface area contributed by atoms with E-state index in [-0.39, 0.29) is 5.41 Å². The first kappa shape index (κ1) is 25.5. The van der Waals surface area contributed by atoms with Gasteiger partial charge in [0.1, 0.15) is 0 Å². The molecule has 0 fully saturated rings. The van der Waals surface area contributed by atoms with E-state index in [1.807, 2.05) is 18.2 Å². The van der Waals surface area contributed by atoms with Gasteiger partial charge in [0.25, 0.3) is 0 Å². The lowest BCUT2D eigenvalue weighted by atomic mass is 9.90. The maximum Gasteiger partial charge on any atom is 0.327 e. The maximum absolute atomic E-state index is 12.6. The molecule has 2 aromatic heterocycles. The molecule has 0 bridgehead atoms. The topological polar surface area (TPSA) is 118 Å². The van der Waals surface area contributed by atoms with Gasteiger partial charge in [0, 0.05) is 52.4 Å². The van der Waals surface area contributed by atoms with Crippen molar-refractivity contribution in [1.82, 2.24) is 14.7 Å². The van der Waals surface area contributed by atoms with Crippen LogP contribution in [0, 0.1) is 0 Å². The molecule has 8 nitrogen and oxygen atoms in total. The van der Waals surface area contributed by atoms with Crippen molar-refractivity contribution in [2.45, 2.75) is 46.1 Å². The third kappa shape index (κ3) is 5.66. The second-order valence-corrected chi connectivity index (χ2v) is 11.1. The average molecular weight is 502 g/mol. The van der Waals surface area contributed by atoms with E-state index in [2.05, 4.69) is 30.7 Å². The number of carbonyl (C=O) groups excluding carboxylic acids is 1. The smallest absolute Gasteiger partial charge is 0.327 e. The Hall–Kier alpha value is -3.17. The van der Waals surface area contributed by atoms with E-state index < -0.39 is 22.3 Å². The van der Waals surface area contributed by atoms with Crippen LogP contribution in [0.2, 0.25) is 5.02 Å². The number of amides is 2. The molecule has 0 unspecified atom stereocenters. The Labute approximate surface area is 205 Å². The highest BCUT2D eigenvalue weighted by Gasteiger charge is 2.27. The lowest BCUT2D eigenvalue weighted by Crippen LogP contribution is -2.48. The molecule has 2 heterocycles. The van der Waals surface area contributed by atoms with Gasteiger partial charge in [-0.25, -0.2) is 9.52 Å². The zero-order valence-corrected chi connectivity index (χ0v) is 21.3. The van der Waals surface area contributed by atoms with Crippen molar-refractivity contribution in [3.8, 4) is 22.3 Å². The third-order valence-electron chi connectivity index (χ3n) is 5.08. The summed E-state index contributed by atoms with van der Waals surface area (Å²) in [6.07, 6.45) is 5.25. The molecule has 180 valence electrons. The number of carbonyl (C=O) groups is 1. The summed E-state index contributed by atoms with van der Waals surface area (Å²) in [6, 6.07) is 9.17. The summed E-state index contributed by atoms with van der Waals surface area (Å²) in [5, 5.41) is 0.335. The monoisotopic (exact) mass is 501 g/mol. The number of nitrogens with two attached hydrogens (primary N) is 1. The molecule has 10 heteroatoms. The van der Waals surface area contributed by atoms with E-state index in [0.717, 1.165) is 26.7 Å². The Balaban J connectivity index is 2.01. The Morgan fingerprint density at radius 2 is 1.74 bits per heavy atom. The van der Waals surface area contributed by atoms with E-state index in [9.17, 15) is 13.2 Å². The standard InChI is InChI=1S/C24H28ClN5O3S/c1-15(2)30(34(32,33)29-23(26)31)19-6-7-20(21(25)12-19)18-10-17(13-27-14-18)16-8-9-28-22(11-16)24(3,4)5/h6-15H,1-5H3,(H3,26,29,31). The van der Waals surface area contributed by atoms with Gasteiger partial charge >= 0.3 is 16.2 Å². The first-order valence-corrected chi connectivity index (χ1v) is 12.4. The van der Waals surface area contributed by atoms with Crippen molar-refractivity contribution in [2.24, 2.45) is 5.73 Å². The molecule has 2 amide bonds. The van der Waals surface area contributed by atoms with Crippen LogP contribution in [0.25, 0.3) is 22.3 Å². The van der Waals surface area contributed by atoms with E-state index in [1.165, 1.54) is 6.07 Å². The molecule has 3 aromatic rings. The number of nitrogens with zero attached hydrogens (tertiary/aromatic N) is 3. The van der Waals surface area contributed by atoms with Gasteiger partial charge in [0.15, 0.2) is 0 Å². The zero-order chi connectivity index (χ0) is 25.3. The number of nitrogens with one attached hydrogen (secondary N) is 1. The van der Waals surface area contributed by atoms with Crippen LogP contribution in [0.4, 0.5) is 10.5 Å². The largest absolute Gasteiger partial charge is 0.351 e. The number of rotatable bonds is 6. The van der Waals surface area contributed by atoms with Gasteiger partial charge in [0.2, 0.25) is 0 Å². The molecular weight excluding hydrogens is 474 g/mol. The zero-order valence-electron chi connectivity index (χ0n) is 19.7. The molecule has 3 rings (SSSR count). The molecule has 0 radical (unpaired) electrons. The van der Waals surface area contributed by atoms with Crippen molar-refractivity contribution < 1.29 is 13.2 Å². The van der Waals surface area contributed by atoms with Crippen LogP contribution in [-0.2, 0) is 15.6 Å². The first-order valence-electron chi connectivity index (χ1n) is 10.6. The molecule has 0 aliphatic heterocycles. The molecule has 0 spiro atoms. The second-order valence-electron chi connectivity index (χ2n) is 9.17. The fraction of sp³-hybridized carbons (Fsp3) is 0.292. The Morgan fingerprint density at radius 3 is 2.32 bits per heavy atom. The van der Waals surface area contributed by atoms with Crippen molar-refractivity contribution >= 4 is 33.5 Å². The van der Waals surface area contributed by atoms with Crippen LogP contribution in [-0.4, -0.2) is 30.5 Å². The summed E-state index contributed by atoms with van der Waals surface area (Å²) < 4.78 is 28.0. The summed E-state index contributed by atoms with van der Waals surface area (Å²) in [4.78, 5) is 20.0. The van der Waals surface area contributed by atoms with Gasteiger partial charge < -0.3 is 5.73 Å². The van der Waals surface area contributed by atoms with Gasteiger partial charge in [-0.1, -0.05) is 38.4 Å². The van der Waals surface area contributed by atoms with Crippen LogP contribution >= 0.6 is 11.6 Å². The highest BCUT2D eigenvalue weighted by molar-refractivity contribution is 7.91. The van der Waals surface area contributed by atoms with E-state index in [1.54, 1.807) is 49.3 Å². The van der Waals surface area contributed by atoms with Crippen molar-refractivity contribution in [1.29, 1.82) is 0 Å². The minimum Gasteiger partial charge on any atom is -0.351 e. The highest BCUT2D eigenvalue weighted by atomic mass is 35.5. The number of hydrogen-bond donors (Lipinski definition) is 2. The number of anilines is 1. The molecule has 1 aromatic carbocycles. The van der Waals surface area contributed by atoms with Gasteiger partial charge in [-0.15, -0.1) is 0 Å². The van der Waals surface area contributed by atoms with Crippen molar-refractivity contribution in [3.63, 3.8) is 0 Å². The average Bonchev–Trinajstić information content (AvgIpc) is 2.72. The van der Waals surface area contributed by atoms with Gasteiger partial charge in [-0.2, -0.15) is 8.42 Å². The van der Waals surface area contributed by atoms with Crippen molar-refractivity contribution in [2.75, 3.05) is 4.31 Å². The number of hydrogen-bond acceptors (Lipinski definition) is 5. The number of halogens is 1. The summed E-state index contributed by atoms with van der Waals surface area (Å²) in [7, 11) is -4.20. The predicted octanol–water partition coefficient (Wildman–Crippen LogP) is 4.89. The van der Waals surface area contributed by atoms with Crippen LogP contribution < -0.4 is 14.8 Å². The fourth-order valence-corrected chi connectivity index (χ4v) is 5.11. The molecular formula is C24H28ClN5O3S. The molecule has 3 N–H and O–H groups in total. The molecule has 0 saturated heterocycles. The summed E-state index contributed by atoms with van der Waals surface area (Å²) in [5.74, 6) is 0. The first-order chi connectivity index (χ1) is 15.8. The predicted molar refractivity (Wildman–Crippen MR) is 136 cm³/mol. The quantitative estimate of drug-likeness (QED) is 0.498. The minimum atomic E-state index is -4.20. The third-order valence-corrected chi connectivity index (χ3v) is 7.00. The van der Waals surface area contributed by atoms with E-state index >= 15 is 0 Å². The summed E-state index contributed by atoms with van der Waals surface area (Å²) in [5.41, 5.74) is 9.55. The van der Waals surface area contributed by atoms with E-state index in [0.29, 0.717) is 16.3 Å². The minimum absolute atomic E-state index is 0.0911. The number of primary amides is 1. The lowest BCUT2D eigenvalue weighted by Gasteiger charge is -2.28. The number of aromatic nitrogens is 2. The van der Waals surface area contributed by atoms with Gasteiger partial charge in [0.05, 0.1) is 10.7 Å². The normalized spacial score (nSPS) is 12.0. The van der Waals surface area contributed by atoms with E-state index in [4.69, 9.17) is 17.3 Å². The lowest BCUT2D eigenvalue weighted by molar-refractivity contribution is 0.253. The molecule has 34 heavy (non-hydrogen) atoms. The van der Waals surface area contributed by atoms with Crippen LogP contribution in [0.1, 0.15) is 40.3 Å². The SMILES string of the molecule is CC(C)N(c1ccc(-c2cncc(-c3ccnc(C(C)(C)C)c3)c2)c(Cl)c1)S(=O)(=O)NC(N)=O. The molecule has 0 aliphatic carbocycles. The summed E-state index contributed by atoms with van der Waals surface area (Å²) >= 11 is 6.58. The molecule has 0 aliphatic rings. The number of pyridine rings is 2. The number of urea groups is 1. The second kappa shape index (κ2) is 9.60. The van der Waals surface area contributed by atoms with Gasteiger partial charge in [-0.3, -0.25) is 14.3 Å². The Kier molecular flexibility index (Phi) is 7.18. The Bertz CT molecular complexity index is 1320. The Morgan fingerprint density at radius 1 is 1.06 bits per heavy atom. The highest BCUT2D eigenvalue weighted by Crippen LogP contribution is 2.35. The van der Waals surface area contributed by atoms with Crippen LogP contribution in [0.15, 0.2) is 55.0 Å². The number of benzene rings is 1. The van der Waals surface area contributed by atoms with Crippen molar-refractivity contribution in [3.05, 3.63) is 65.7 Å². The molecule has 0 saturated carbocycles.